The van der Waals surface area contributed by atoms with E-state index in [1.165, 1.54) is 32.1 Å². The molecule has 1 aliphatic carbocycles. The van der Waals surface area contributed by atoms with Crippen molar-refractivity contribution in [3.05, 3.63) is 35.9 Å². The van der Waals surface area contributed by atoms with Crippen LogP contribution in [0.25, 0.3) is 0 Å². The minimum absolute atomic E-state index is 0.000715. The second-order valence-corrected chi connectivity index (χ2v) is 5.92. The third kappa shape index (κ3) is 4.89. The second kappa shape index (κ2) is 8.40. The van der Waals surface area contributed by atoms with Gasteiger partial charge in [-0.05, 0) is 17.9 Å². The van der Waals surface area contributed by atoms with Gasteiger partial charge in [-0.3, -0.25) is 0 Å². The van der Waals surface area contributed by atoms with Crippen LogP contribution in [0.3, 0.4) is 0 Å². The summed E-state index contributed by atoms with van der Waals surface area (Å²) in [7, 11) is 0. The van der Waals surface area contributed by atoms with E-state index >= 15 is 0 Å². The predicted octanol–water partition coefficient (Wildman–Crippen LogP) is 2.86. The topological polar surface area (TPSA) is 55.5 Å². The fourth-order valence-corrected chi connectivity index (χ4v) is 3.05. The van der Waals surface area contributed by atoms with Crippen molar-refractivity contribution in [1.82, 2.24) is 0 Å². The van der Waals surface area contributed by atoms with E-state index in [9.17, 15) is 5.11 Å². The zero-order valence-corrected chi connectivity index (χ0v) is 12.2. The molecule has 0 aromatic heterocycles. The van der Waals surface area contributed by atoms with Crippen LogP contribution in [0, 0.1) is 5.92 Å². The Balaban J connectivity index is 1.77. The first-order chi connectivity index (χ1) is 9.79. The lowest BCUT2D eigenvalue weighted by Gasteiger charge is -2.28. The Morgan fingerprint density at radius 3 is 2.50 bits per heavy atom. The van der Waals surface area contributed by atoms with E-state index in [0.29, 0.717) is 12.5 Å². The first-order valence-corrected chi connectivity index (χ1v) is 7.81. The smallest absolute Gasteiger partial charge is 0.0960 e. The third-order valence-corrected chi connectivity index (χ3v) is 4.29. The fraction of sp³-hybridized carbons (Fsp3) is 0.647. The molecule has 1 saturated carbocycles. The summed E-state index contributed by atoms with van der Waals surface area (Å²) in [6, 6.07) is 9.97. The second-order valence-electron chi connectivity index (χ2n) is 5.92. The van der Waals surface area contributed by atoms with Gasteiger partial charge in [0.15, 0.2) is 0 Å². The minimum atomic E-state index is -0.253. The van der Waals surface area contributed by atoms with Gasteiger partial charge in [-0.1, -0.05) is 62.4 Å². The van der Waals surface area contributed by atoms with Crippen LogP contribution >= 0.6 is 0 Å². The Kier molecular flexibility index (Phi) is 6.51. The summed E-state index contributed by atoms with van der Waals surface area (Å²) in [4.78, 5) is 0. The maximum Gasteiger partial charge on any atom is 0.0960 e. The number of aliphatic hydroxyl groups is 1. The number of hydrogen-bond donors (Lipinski definition) is 2. The number of benzene rings is 1. The molecule has 0 bridgehead atoms. The maximum absolute atomic E-state index is 9.50. The molecule has 0 spiro atoms. The van der Waals surface area contributed by atoms with E-state index in [1.807, 2.05) is 30.3 Å². The van der Waals surface area contributed by atoms with E-state index in [-0.39, 0.29) is 18.8 Å². The lowest BCUT2D eigenvalue weighted by molar-refractivity contribution is -0.0174. The summed E-state index contributed by atoms with van der Waals surface area (Å²) < 4.78 is 5.81. The number of ether oxygens (including phenoxy) is 1. The van der Waals surface area contributed by atoms with Crippen molar-refractivity contribution in [1.29, 1.82) is 0 Å². The van der Waals surface area contributed by atoms with Gasteiger partial charge < -0.3 is 15.6 Å². The van der Waals surface area contributed by atoms with Crippen LogP contribution in [0.15, 0.2) is 30.3 Å². The Labute approximate surface area is 122 Å². The first kappa shape index (κ1) is 15.5. The van der Waals surface area contributed by atoms with Crippen molar-refractivity contribution in [2.75, 3.05) is 6.61 Å². The van der Waals surface area contributed by atoms with E-state index < -0.39 is 0 Å². The minimum Gasteiger partial charge on any atom is -0.394 e. The molecular weight excluding hydrogens is 250 g/mol. The number of aliphatic hydroxyl groups excluding tert-OH is 1. The van der Waals surface area contributed by atoms with Gasteiger partial charge in [-0.25, -0.2) is 0 Å². The van der Waals surface area contributed by atoms with E-state index in [0.717, 1.165) is 12.0 Å². The zero-order chi connectivity index (χ0) is 14.2. The van der Waals surface area contributed by atoms with Gasteiger partial charge in [-0.15, -0.1) is 0 Å². The fourth-order valence-electron chi connectivity index (χ4n) is 3.05. The van der Waals surface area contributed by atoms with Gasteiger partial charge in [0.2, 0.25) is 0 Å². The van der Waals surface area contributed by atoms with E-state index in [2.05, 4.69) is 0 Å². The highest BCUT2D eigenvalue weighted by atomic mass is 16.5. The molecule has 2 unspecified atom stereocenters. The molecule has 20 heavy (non-hydrogen) atoms. The Hall–Kier alpha value is -0.900. The van der Waals surface area contributed by atoms with Crippen LogP contribution < -0.4 is 5.73 Å². The quantitative estimate of drug-likeness (QED) is 0.805. The Bertz CT molecular complexity index is 363. The average molecular weight is 277 g/mol. The molecule has 2 atom stereocenters. The van der Waals surface area contributed by atoms with Crippen LogP contribution in [0.5, 0.6) is 0 Å². The lowest BCUT2D eigenvalue weighted by Crippen LogP contribution is -2.41. The molecule has 3 heteroatoms. The highest BCUT2D eigenvalue weighted by Crippen LogP contribution is 2.27. The van der Waals surface area contributed by atoms with Gasteiger partial charge in [0.25, 0.3) is 0 Å². The molecule has 1 aromatic carbocycles. The van der Waals surface area contributed by atoms with Crippen LogP contribution in [-0.2, 0) is 11.3 Å². The predicted molar refractivity (Wildman–Crippen MR) is 81.3 cm³/mol. The Morgan fingerprint density at radius 1 is 1.15 bits per heavy atom. The van der Waals surface area contributed by atoms with Gasteiger partial charge in [0.05, 0.1) is 19.3 Å². The van der Waals surface area contributed by atoms with Crippen LogP contribution in [0.4, 0.5) is 0 Å². The summed E-state index contributed by atoms with van der Waals surface area (Å²) in [5, 5.41) is 9.50. The molecule has 0 amide bonds. The molecule has 112 valence electrons. The highest BCUT2D eigenvalue weighted by Gasteiger charge is 2.23. The largest absolute Gasteiger partial charge is 0.394 e. The molecular formula is C17H27NO2. The monoisotopic (exact) mass is 277 g/mol. The van der Waals surface area contributed by atoms with Crippen molar-refractivity contribution >= 4 is 0 Å². The van der Waals surface area contributed by atoms with Crippen molar-refractivity contribution in [3.63, 3.8) is 0 Å². The zero-order valence-electron chi connectivity index (χ0n) is 12.2. The van der Waals surface area contributed by atoms with Gasteiger partial charge in [-0.2, -0.15) is 0 Å². The van der Waals surface area contributed by atoms with Crippen LogP contribution in [0.2, 0.25) is 0 Å². The summed E-state index contributed by atoms with van der Waals surface area (Å²) in [5.41, 5.74) is 7.36. The van der Waals surface area contributed by atoms with Crippen molar-refractivity contribution in [3.8, 4) is 0 Å². The standard InChI is InChI=1S/C17H27NO2/c18-16(11-14-7-3-1-4-8-14)17(12-19)20-13-15-9-5-2-6-10-15/h2,5-6,9-10,14,16-17,19H,1,3-4,7-8,11-13,18H2. The summed E-state index contributed by atoms with van der Waals surface area (Å²) in [6.07, 6.45) is 7.30. The molecule has 1 fully saturated rings. The summed E-state index contributed by atoms with van der Waals surface area (Å²) in [6.45, 7) is 0.519. The molecule has 1 aromatic rings. The van der Waals surface area contributed by atoms with Gasteiger partial charge in [0.1, 0.15) is 0 Å². The Morgan fingerprint density at radius 2 is 1.85 bits per heavy atom. The van der Waals surface area contributed by atoms with E-state index in [1.54, 1.807) is 0 Å². The first-order valence-electron chi connectivity index (χ1n) is 7.81. The number of hydrogen-bond acceptors (Lipinski definition) is 3. The molecule has 3 N–H and O–H groups in total. The van der Waals surface area contributed by atoms with Crippen LogP contribution in [-0.4, -0.2) is 23.9 Å². The highest BCUT2D eigenvalue weighted by molar-refractivity contribution is 5.13. The van der Waals surface area contributed by atoms with Crippen molar-refractivity contribution in [2.45, 2.75) is 57.3 Å². The van der Waals surface area contributed by atoms with E-state index in [4.69, 9.17) is 10.5 Å². The van der Waals surface area contributed by atoms with Gasteiger partial charge >= 0.3 is 0 Å². The van der Waals surface area contributed by atoms with Crippen molar-refractivity contribution in [2.24, 2.45) is 11.7 Å². The SMILES string of the molecule is NC(CC1CCCCC1)C(CO)OCc1ccccc1. The molecule has 0 saturated heterocycles. The third-order valence-electron chi connectivity index (χ3n) is 4.29. The van der Waals surface area contributed by atoms with Crippen LogP contribution in [0.1, 0.15) is 44.1 Å². The van der Waals surface area contributed by atoms with Gasteiger partial charge in [0, 0.05) is 6.04 Å². The molecule has 1 aliphatic rings. The number of rotatable bonds is 7. The molecule has 2 rings (SSSR count). The number of nitrogens with two attached hydrogens (primary N) is 1. The summed E-state index contributed by atoms with van der Waals surface area (Å²) in [5.74, 6) is 0.716. The average Bonchev–Trinajstić information content (AvgIpc) is 2.50. The molecule has 0 radical (unpaired) electrons. The maximum atomic E-state index is 9.50. The molecule has 3 nitrogen and oxygen atoms in total. The lowest BCUT2D eigenvalue weighted by atomic mass is 9.84. The van der Waals surface area contributed by atoms with Crippen molar-refractivity contribution < 1.29 is 9.84 Å². The summed E-state index contributed by atoms with van der Waals surface area (Å²) >= 11 is 0. The normalized spacial score (nSPS) is 19.7. The molecule has 0 aliphatic heterocycles. The molecule has 0 heterocycles.